The van der Waals surface area contributed by atoms with E-state index in [2.05, 4.69) is 25.2 Å². The quantitative estimate of drug-likeness (QED) is 0.480. The van der Waals surface area contributed by atoms with E-state index >= 15 is 0 Å². The Hall–Kier alpha value is -1.44. The summed E-state index contributed by atoms with van der Waals surface area (Å²) >= 11 is 0. The van der Waals surface area contributed by atoms with Crippen molar-refractivity contribution in [2.45, 2.75) is 64.2 Å². The number of halogens is 2. The van der Waals surface area contributed by atoms with E-state index in [0.29, 0.717) is 11.8 Å². The van der Waals surface area contributed by atoms with Crippen LogP contribution in [0.4, 0.5) is 8.78 Å². The van der Waals surface area contributed by atoms with Gasteiger partial charge in [-0.2, -0.15) is 0 Å². The smallest absolute Gasteiger partial charge is 0.126 e. The van der Waals surface area contributed by atoms with E-state index in [-0.39, 0.29) is 5.92 Å². The van der Waals surface area contributed by atoms with Gasteiger partial charge in [0.25, 0.3) is 0 Å². The Morgan fingerprint density at radius 1 is 0.880 bits per heavy atom. The van der Waals surface area contributed by atoms with Crippen molar-refractivity contribution < 1.29 is 8.78 Å². The summed E-state index contributed by atoms with van der Waals surface area (Å²) in [6.45, 7) is 2.26. The maximum atomic E-state index is 13.7. The van der Waals surface area contributed by atoms with Crippen LogP contribution < -0.4 is 0 Å². The zero-order chi connectivity index (χ0) is 17.6. The van der Waals surface area contributed by atoms with Gasteiger partial charge in [-0.3, -0.25) is 0 Å². The predicted octanol–water partition coefficient (Wildman–Crippen LogP) is 7.18. The van der Waals surface area contributed by atoms with E-state index in [9.17, 15) is 8.78 Å². The number of hydrogen-bond acceptors (Lipinski definition) is 0. The number of allylic oxidation sites excluding steroid dienone is 4. The van der Waals surface area contributed by atoms with E-state index in [1.165, 1.54) is 63.5 Å². The molecule has 2 heteroatoms. The van der Waals surface area contributed by atoms with Crippen molar-refractivity contribution in [1.29, 1.82) is 0 Å². The fourth-order valence-corrected chi connectivity index (χ4v) is 4.72. The molecular formula is C23H30F2. The minimum atomic E-state index is -0.476. The highest BCUT2D eigenvalue weighted by Gasteiger charge is 2.32. The summed E-state index contributed by atoms with van der Waals surface area (Å²) in [4.78, 5) is 0. The molecule has 0 aliphatic heterocycles. The van der Waals surface area contributed by atoms with Crippen LogP contribution in [0, 0.1) is 29.4 Å². The van der Waals surface area contributed by atoms with Crippen LogP contribution in [0.2, 0.25) is 0 Å². The molecule has 1 aromatic rings. The Morgan fingerprint density at radius 3 is 2.24 bits per heavy atom. The fraction of sp³-hybridized carbons (Fsp3) is 0.565. The zero-order valence-corrected chi connectivity index (χ0v) is 15.3. The highest BCUT2D eigenvalue weighted by molar-refractivity contribution is 5.32. The average molecular weight is 344 g/mol. The number of hydrogen-bond donors (Lipinski definition) is 0. The Labute approximate surface area is 151 Å². The van der Waals surface area contributed by atoms with E-state index in [1.54, 1.807) is 0 Å². The standard InChI is InChI=1S/C23H30F2/c1-2-3-4-7-17-10-12-18(13-11-17)22-8-5-6-9-23(22)19-14-20(24)16-21(25)15-19/h5-6,8-9,14-18,22-23H,2-4,7,10-13H2,1H3/t17-,18-,22?,23?. The third-order valence-corrected chi connectivity index (χ3v) is 6.10. The van der Waals surface area contributed by atoms with E-state index in [4.69, 9.17) is 0 Å². The third-order valence-electron chi connectivity index (χ3n) is 6.10. The van der Waals surface area contributed by atoms with Gasteiger partial charge in [0.2, 0.25) is 0 Å². The maximum Gasteiger partial charge on any atom is 0.126 e. The van der Waals surface area contributed by atoms with E-state index in [0.717, 1.165) is 17.5 Å². The predicted molar refractivity (Wildman–Crippen MR) is 100 cm³/mol. The molecule has 3 rings (SSSR count). The summed E-state index contributed by atoms with van der Waals surface area (Å²) in [5.41, 5.74) is 0.771. The second-order valence-corrected chi connectivity index (χ2v) is 7.85. The Bertz CT molecular complexity index is 588. The van der Waals surface area contributed by atoms with Crippen LogP contribution in [0.1, 0.15) is 69.8 Å². The number of benzene rings is 1. The van der Waals surface area contributed by atoms with Crippen LogP contribution in [0.3, 0.4) is 0 Å². The molecule has 2 aliphatic rings. The highest BCUT2D eigenvalue weighted by atomic mass is 19.1. The molecule has 1 fully saturated rings. The van der Waals surface area contributed by atoms with Gasteiger partial charge >= 0.3 is 0 Å². The lowest BCUT2D eigenvalue weighted by Gasteiger charge is -2.37. The molecule has 0 amide bonds. The van der Waals surface area contributed by atoms with Crippen LogP contribution in [-0.2, 0) is 0 Å². The molecule has 2 aliphatic carbocycles. The zero-order valence-electron chi connectivity index (χ0n) is 15.3. The highest BCUT2D eigenvalue weighted by Crippen LogP contribution is 2.43. The third kappa shape index (κ3) is 4.80. The van der Waals surface area contributed by atoms with Gasteiger partial charge in [-0.05, 0) is 48.3 Å². The van der Waals surface area contributed by atoms with Gasteiger partial charge in [0, 0.05) is 12.0 Å². The SMILES string of the molecule is CCCCC[C@H]1CC[C@H](C2C=CC=CC2c2cc(F)cc(F)c2)CC1. The number of rotatable bonds is 6. The molecule has 136 valence electrons. The maximum absolute atomic E-state index is 13.7. The van der Waals surface area contributed by atoms with Crippen LogP contribution in [-0.4, -0.2) is 0 Å². The Balaban J connectivity index is 1.64. The Kier molecular flexibility index (Phi) is 6.45. The molecule has 2 atom stereocenters. The first-order valence-electron chi connectivity index (χ1n) is 9.98. The van der Waals surface area contributed by atoms with E-state index < -0.39 is 11.6 Å². The van der Waals surface area contributed by atoms with Crippen molar-refractivity contribution in [2.75, 3.05) is 0 Å². The van der Waals surface area contributed by atoms with Crippen molar-refractivity contribution in [3.8, 4) is 0 Å². The van der Waals surface area contributed by atoms with Crippen molar-refractivity contribution in [3.63, 3.8) is 0 Å². The largest absolute Gasteiger partial charge is 0.207 e. The molecule has 25 heavy (non-hydrogen) atoms. The molecule has 0 heterocycles. The summed E-state index contributed by atoms with van der Waals surface area (Å²) in [5, 5.41) is 0. The second-order valence-electron chi connectivity index (χ2n) is 7.85. The molecule has 0 spiro atoms. The minimum Gasteiger partial charge on any atom is -0.207 e. The molecule has 0 N–H and O–H groups in total. The van der Waals surface area contributed by atoms with Crippen LogP contribution in [0.5, 0.6) is 0 Å². The molecule has 2 unspecified atom stereocenters. The molecule has 0 nitrogen and oxygen atoms in total. The first kappa shape index (κ1) is 18.4. The molecular weight excluding hydrogens is 314 g/mol. The van der Waals surface area contributed by atoms with Gasteiger partial charge in [0.1, 0.15) is 11.6 Å². The molecule has 0 bridgehead atoms. The molecule has 1 saturated carbocycles. The normalized spacial score (nSPS) is 29.1. The summed E-state index contributed by atoms with van der Waals surface area (Å²) in [7, 11) is 0. The molecule has 0 radical (unpaired) electrons. The topological polar surface area (TPSA) is 0 Å². The minimum absolute atomic E-state index is 0.0943. The van der Waals surface area contributed by atoms with E-state index in [1.807, 2.05) is 6.08 Å². The van der Waals surface area contributed by atoms with Crippen molar-refractivity contribution >= 4 is 0 Å². The van der Waals surface area contributed by atoms with Crippen LogP contribution >= 0.6 is 0 Å². The van der Waals surface area contributed by atoms with Crippen LogP contribution in [0.25, 0.3) is 0 Å². The average Bonchev–Trinajstić information content (AvgIpc) is 2.62. The molecule has 0 saturated heterocycles. The molecule has 0 aromatic heterocycles. The first-order valence-corrected chi connectivity index (χ1v) is 9.98. The fourth-order valence-electron chi connectivity index (χ4n) is 4.72. The van der Waals surface area contributed by atoms with Crippen molar-refractivity contribution in [1.82, 2.24) is 0 Å². The summed E-state index contributed by atoms with van der Waals surface area (Å²) in [6, 6.07) is 3.96. The Morgan fingerprint density at radius 2 is 1.56 bits per heavy atom. The first-order chi connectivity index (χ1) is 12.2. The monoisotopic (exact) mass is 344 g/mol. The lowest BCUT2D eigenvalue weighted by molar-refractivity contribution is 0.209. The van der Waals surface area contributed by atoms with Gasteiger partial charge in [-0.15, -0.1) is 0 Å². The van der Waals surface area contributed by atoms with Crippen LogP contribution in [0.15, 0.2) is 42.5 Å². The second kappa shape index (κ2) is 8.78. The lowest BCUT2D eigenvalue weighted by Crippen LogP contribution is -2.25. The van der Waals surface area contributed by atoms with Crippen molar-refractivity contribution in [3.05, 3.63) is 59.7 Å². The van der Waals surface area contributed by atoms with Gasteiger partial charge < -0.3 is 0 Å². The number of unbranched alkanes of at least 4 members (excludes halogenated alkanes) is 2. The van der Waals surface area contributed by atoms with Crippen molar-refractivity contribution in [2.24, 2.45) is 17.8 Å². The van der Waals surface area contributed by atoms with Gasteiger partial charge in [0.15, 0.2) is 0 Å². The molecule has 1 aromatic carbocycles. The summed E-state index contributed by atoms with van der Waals surface area (Å²) in [6.07, 6.45) is 19.0. The van der Waals surface area contributed by atoms with Gasteiger partial charge in [-0.1, -0.05) is 69.8 Å². The summed E-state index contributed by atoms with van der Waals surface area (Å²) < 4.78 is 27.3. The van der Waals surface area contributed by atoms with Gasteiger partial charge in [0.05, 0.1) is 0 Å². The summed E-state index contributed by atoms with van der Waals surface area (Å²) in [5.74, 6) is 1.02. The van der Waals surface area contributed by atoms with Gasteiger partial charge in [-0.25, -0.2) is 8.78 Å². The lowest BCUT2D eigenvalue weighted by atomic mass is 9.68.